The lowest BCUT2D eigenvalue weighted by Gasteiger charge is -2.11. The molecule has 2 N–H and O–H groups in total. The summed E-state index contributed by atoms with van der Waals surface area (Å²) in [7, 11) is 1.92. The average Bonchev–Trinajstić information content (AvgIpc) is 2.43. The topological polar surface area (TPSA) is 43.8 Å². The van der Waals surface area contributed by atoms with Gasteiger partial charge >= 0.3 is 0 Å². The van der Waals surface area contributed by atoms with Crippen LogP contribution in [0.3, 0.4) is 0 Å². The molecule has 0 bridgehead atoms. The zero-order valence-corrected chi connectivity index (χ0v) is 11.1. The predicted octanol–water partition coefficient (Wildman–Crippen LogP) is 2.90. The highest BCUT2D eigenvalue weighted by Gasteiger charge is 2.16. The van der Waals surface area contributed by atoms with Crippen LogP contribution >= 0.6 is 0 Å². The van der Waals surface area contributed by atoms with E-state index in [0.29, 0.717) is 5.82 Å². The van der Waals surface area contributed by atoms with Crippen molar-refractivity contribution in [2.24, 2.45) is 7.05 Å². The Labute approximate surface area is 102 Å². The summed E-state index contributed by atoms with van der Waals surface area (Å²) in [6, 6.07) is 4.38. The van der Waals surface area contributed by atoms with E-state index in [2.05, 4.69) is 44.9 Å². The van der Waals surface area contributed by atoms with E-state index in [1.807, 2.05) is 11.7 Å². The van der Waals surface area contributed by atoms with Crippen LogP contribution in [0, 0.1) is 27.7 Å². The molecule has 0 radical (unpaired) electrons. The van der Waals surface area contributed by atoms with E-state index in [9.17, 15) is 0 Å². The van der Waals surface area contributed by atoms with Crippen LogP contribution in [0.1, 0.15) is 22.4 Å². The van der Waals surface area contributed by atoms with Gasteiger partial charge in [0.15, 0.2) is 5.82 Å². The Kier molecular flexibility index (Phi) is 2.69. The molecule has 2 rings (SSSR count). The second-order valence-electron chi connectivity index (χ2n) is 4.74. The van der Waals surface area contributed by atoms with Crippen molar-refractivity contribution in [1.29, 1.82) is 0 Å². The molecule has 90 valence electrons. The molecule has 3 heteroatoms. The summed E-state index contributed by atoms with van der Waals surface area (Å²) in [6.45, 7) is 8.42. The first-order valence-electron chi connectivity index (χ1n) is 5.79. The first kappa shape index (κ1) is 11.7. The molecule has 0 aliphatic rings. The molecule has 0 saturated carbocycles. The fraction of sp³-hybridized carbons (Fsp3) is 0.357. The number of rotatable bonds is 1. The van der Waals surface area contributed by atoms with Crippen molar-refractivity contribution in [3.8, 4) is 11.1 Å². The van der Waals surface area contributed by atoms with E-state index < -0.39 is 0 Å². The van der Waals surface area contributed by atoms with Gasteiger partial charge in [-0.15, -0.1) is 0 Å². The van der Waals surface area contributed by atoms with Gasteiger partial charge in [-0.2, -0.15) is 5.10 Å². The minimum absolute atomic E-state index is 0.611. The van der Waals surface area contributed by atoms with E-state index in [-0.39, 0.29) is 0 Å². The van der Waals surface area contributed by atoms with Crippen molar-refractivity contribution in [1.82, 2.24) is 9.78 Å². The molecule has 0 spiro atoms. The molecule has 0 fully saturated rings. The van der Waals surface area contributed by atoms with Crippen LogP contribution in [0.5, 0.6) is 0 Å². The summed E-state index contributed by atoms with van der Waals surface area (Å²) < 4.78 is 1.84. The normalized spacial score (nSPS) is 10.9. The maximum absolute atomic E-state index is 6.02. The molecule has 3 nitrogen and oxygen atoms in total. The third-order valence-electron chi connectivity index (χ3n) is 3.29. The number of anilines is 1. The zero-order valence-electron chi connectivity index (χ0n) is 11.1. The maximum Gasteiger partial charge on any atom is 0.153 e. The SMILES string of the molecule is Cc1cc(C)c(-c2c(N)nn(C)c2C)c(C)c1. The third kappa shape index (κ3) is 1.82. The molecule has 0 atom stereocenters. The monoisotopic (exact) mass is 229 g/mol. The number of nitrogens with zero attached hydrogens (tertiary/aromatic N) is 2. The fourth-order valence-electron chi connectivity index (χ4n) is 2.52. The molecule has 17 heavy (non-hydrogen) atoms. The number of hydrogen-bond acceptors (Lipinski definition) is 2. The van der Waals surface area contributed by atoms with Crippen molar-refractivity contribution >= 4 is 5.82 Å². The van der Waals surface area contributed by atoms with Crippen LogP contribution in [-0.4, -0.2) is 9.78 Å². The molecule has 0 unspecified atom stereocenters. The van der Waals surface area contributed by atoms with Crippen LogP contribution in [0.4, 0.5) is 5.82 Å². The first-order valence-corrected chi connectivity index (χ1v) is 5.79. The van der Waals surface area contributed by atoms with Gasteiger partial charge < -0.3 is 5.73 Å². The van der Waals surface area contributed by atoms with Gasteiger partial charge in [-0.3, -0.25) is 4.68 Å². The Bertz CT molecular complexity index is 556. The molecule has 1 aromatic carbocycles. The van der Waals surface area contributed by atoms with Gasteiger partial charge in [-0.05, 0) is 44.4 Å². The number of aromatic nitrogens is 2. The summed E-state index contributed by atoms with van der Waals surface area (Å²) in [4.78, 5) is 0. The predicted molar refractivity (Wildman–Crippen MR) is 72.0 cm³/mol. The van der Waals surface area contributed by atoms with Gasteiger partial charge in [-0.25, -0.2) is 0 Å². The van der Waals surface area contributed by atoms with E-state index in [1.165, 1.54) is 22.3 Å². The average molecular weight is 229 g/mol. The smallest absolute Gasteiger partial charge is 0.153 e. The van der Waals surface area contributed by atoms with Gasteiger partial charge in [0.2, 0.25) is 0 Å². The Balaban J connectivity index is 2.77. The lowest BCUT2D eigenvalue weighted by molar-refractivity contribution is 0.744. The van der Waals surface area contributed by atoms with Gasteiger partial charge in [0.05, 0.1) is 0 Å². The summed E-state index contributed by atoms with van der Waals surface area (Å²) in [5, 5.41) is 4.29. The largest absolute Gasteiger partial charge is 0.382 e. The van der Waals surface area contributed by atoms with E-state index in [4.69, 9.17) is 5.73 Å². The van der Waals surface area contributed by atoms with Crippen molar-refractivity contribution < 1.29 is 0 Å². The molecule has 1 heterocycles. The summed E-state index contributed by atoms with van der Waals surface area (Å²) in [5.41, 5.74) is 13.2. The minimum Gasteiger partial charge on any atom is -0.382 e. The molecular formula is C14H19N3. The Hall–Kier alpha value is -1.77. The summed E-state index contributed by atoms with van der Waals surface area (Å²) in [5.74, 6) is 0.611. The maximum atomic E-state index is 6.02. The Morgan fingerprint density at radius 3 is 1.94 bits per heavy atom. The van der Waals surface area contributed by atoms with E-state index in [0.717, 1.165) is 11.3 Å². The molecule has 2 aromatic rings. The van der Waals surface area contributed by atoms with Crippen molar-refractivity contribution in [2.45, 2.75) is 27.7 Å². The lowest BCUT2D eigenvalue weighted by Crippen LogP contribution is -1.95. The highest BCUT2D eigenvalue weighted by molar-refractivity contribution is 5.81. The van der Waals surface area contributed by atoms with Crippen LogP contribution in [0.2, 0.25) is 0 Å². The standard InChI is InChI=1S/C14H19N3/c1-8-6-9(2)12(10(3)7-8)13-11(4)17(5)16-14(13)15/h6-7H,1-5H3,(H2,15,16). The van der Waals surface area contributed by atoms with E-state index in [1.54, 1.807) is 0 Å². The van der Waals surface area contributed by atoms with Crippen molar-refractivity contribution in [3.63, 3.8) is 0 Å². The van der Waals surface area contributed by atoms with Gasteiger partial charge in [0.1, 0.15) is 0 Å². The van der Waals surface area contributed by atoms with Gasteiger partial charge in [0, 0.05) is 18.3 Å². The Morgan fingerprint density at radius 2 is 1.53 bits per heavy atom. The molecule has 0 saturated heterocycles. The highest BCUT2D eigenvalue weighted by atomic mass is 15.3. The second-order valence-corrected chi connectivity index (χ2v) is 4.74. The molecule has 0 aliphatic carbocycles. The highest BCUT2D eigenvalue weighted by Crippen LogP contribution is 2.34. The zero-order chi connectivity index (χ0) is 12.7. The molecular weight excluding hydrogens is 210 g/mol. The van der Waals surface area contributed by atoms with Gasteiger partial charge in [0.25, 0.3) is 0 Å². The third-order valence-corrected chi connectivity index (χ3v) is 3.29. The lowest BCUT2D eigenvalue weighted by atomic mass is 9.94. The van der Waals surface area contributed by atoms with Crippen LogP contribution < -0.4 is 5.73 Å². The Morgan fingerprint density at radius 1 is 1.00 bits per heavy atom. The quantitative estimate of drug-likeness (QED) is 0.817. The number of nitrogen functional groups attached to an aromatic ring is 1. The number of hydrogen-bond donors (Lipinski definition) is 1. The van der Waals surface area contributed by atoms with Crippen LogP contribution in [0.25, 0.3) is 11.1 Å². The molecule has 0 aliphatic heterocycles. The summed E-state index contributed by atoms with van der Waals surface area (Å²) in [6.07, 6.45) is 0. The van der Waals surface area contributed by atoms with Crippen molar-refractivity contribution in [3.05, 3.63) is 34.5 Å². The number of nitrogens with two attached hydrogens (primary N) is 1. The fourth-order valence-corrected chi connectivity index (χ4v) is 2.52. The first-order chi connectivity index (χ1) is 7.91. The molecule has 0 amide bonds. The molecule has 1 aromatic heterocycles. The summed E-state index contributed by atoms with van der Waals surface area (Å²) >= 11 is 0. The minimum atomic E-state index is 0.611. The number of benzene rings is 1. The van der Waals surface area contributed by atoms with Crippen LogP contribution in [0.15, 0.2) is 12.1 Å². The van der Waals surface area contributed by atoms with Crippen LogP contribution in [-0.2, 0) is 7.05 Å². The van der Waals surface area contributed by atoms with Gasteiger partial charge in [-0.1, -0.05) is 17.7 Å². The second kappa shape index (κ2) is 3.91. The van der Waals surface area contributed by atoms with E-state index >= 15 is 0 Å². The van der Waals surface area contributed by atoms with Crippen molar-refractivity contribution in [2.75, 3.05) is 5.73 Å². The number of aryl methyl sites for hydroxylation is 4.